The maximum absolute atomic E-state index is 12.4. The van der Waals surface area contributed by atoms with Gasteiger partial charge in [-0.05, 0) is 20.8 Å². The van der Waals surface area contributed by atoms with Crippen LogP contribution in [0.3, 0.4) is 0 Å². The Hall–Kier alpha value is -0.980. The van der Waals surface area contributed by atoms with Gasteiger partial charge in [0.05, 0.1) is 22.9 Å². The first-order chi connectivity index (χ1) is 10.7. The van der Waals surface area contributed by atoms with Gasteiger partial charge in [-0.3, -0.25) is 9.69 Å². The summed E-state index contributed by atoms with van der Waals surface area (Å²) in [6.07, 6.45) is 0.514. The monoisotopic (exact) mass is 339 g/mol. The first-order valence-corrected chi connectivity index (χ1v) is 9.12. The molecular weight excluding hydrogens is 310 g/mol. The Morgan fingerprint density at radius 2 is 1.96 bits per heavy atom. The molecule has 1 aliphatic heterocycles. The Morgan fingerprint density at radius 3 is 2.48 bits per heavy atom. The van der Waals surface area contributed by atoms with Crippen LogP contribution in [0.1, 0.15) is 55.0 Å². The van der Waals surface area contributed by atoms with E-state index < -0.39 is 0 Å². The summed E-state index contributed by atoms with van der Waals surface area (Å²) in [4.78, 5) is 20.0. The summed E-state index contributed by atoms with van der Waals surface area (Å²) in [5.41, 5.74) is 0.805. The number of carbonyl (C=O) groups is 1. The largest absolute Gasteiger partial charge is 0.373 e. The number of aryl methyl sites for hydroxylation is 1. The summed E-state index contributed by atoms with van der Waals surface area (Å²) in [5, 5.41) is 4.04. The van der Waals surface area contributed by atoms with Gasteiger partial charge in [-0.25, -0.2) is 4.98 Å². The van der Waals surface area contributed by atoms with Gasteiger partial charge >= 0.3 is 0 Å². The van der Waals surface area contributed by atoms with E-state index in [1.54, 1.807) is 0 Å². The number of ether oxygens (including phenoxy) is 1. The maximum Gasteiger partial charge on any atom is 0.263 e. The Labute approximate surface area is 143 Å². The van der Waals surface area contributed by atoms with Crippen LogP contribution < -0.4 is 5.32 Å². The number of amides is 1. The third-order valence-electron chi connectivity index (χ3n) is 3.85. The van der Waals surface area contributed by atoms with Crippen LogP contribution in [0.4, 0.5) is 0 Å². The normalized spacial score (nSPS) is 23.0. The van der Waals surface area contributed by atoms with E-state index in [-0.39, 0.29) is 23.5 Å². The van der Waals surface area contributed by atoms with E-state index >= 15 is 0 Å². The smallest absolute Gasteiger partial charge is 0.263 e. The van der Waals surface area contributed by atoms with E-state index in [1.165, 1.54) is 11.3 Å². The lowest BCUT2D eigenvalue weighted by Crippen LogP contribution is -2.47. The van der Waals surface area contributed by atoms with Crippen molar-refractivity contribution in [2.75, 3.05) is 26.2 Å². The minimum Gasteiger partial charge on any atom is -0.373 e. The highest BCUT2D eigenvalue weighted by Gasteiger charge is 2.24. The van der Waals surface area contributed by atoms with E-state index in [2.05, 4.69) is 49.8 Å². The molecule has 1 fully saturated rings. The van der Waals surface area contributed by atoms with Crippen molar-refractivity contribution >= 4 is 17.2 Å². The molecule has 1 N–H and O–H groups in total. The molecule has 1 aliphatic rings. The van der Waals surface area contributed by atoms with Crippen molar-refractivity contribution in [3.05, 3.63) is 15.6 Å². The molecular formula is C17H29N3O2S. The average molecular weight is 340 g/mol. The second-order valence-electron chi connectivity index (χ2n) is 7.46. The number of rotatable bonds is 4. The molecule has 2 unspecified atom stereocenters. The second-order valence-corrected chi connectivity index (χ2v) is 8.46. The first-order valence-electron chi connectivity index (χ1n) is 8.30. The number of thiazole rings is 1. The quantitative estimate of drug-likeness (QED) is 0.916. The molecule has 0 spiro atoms. The number of hydrogen-bond donors (Lipinski definition) is 1. The summed E-state index contributed by atoms with van der Waals surface area (Å²) < 4.78 is 5.73. The molecule has 1 aromatic rings. The molecule has 1 saturated heterocycles. The molecule has 1 amide bonds. The zero-order chi connectivity index (χ0) is 17.2. The molecule has 2 heterocycles. The Kier molecular flexibility index (Phi) is 5.81. The zero-order valence-electron chi connectivity index (χ0n) is 15.1. The fraction of sp³-hybridized carbons (Fsp3) is 0.765. The van der Waals surface area contributed by atoms with Crippen molar-refractivity contribution in [2.45, 2.75) is 59.2 Å². The average Bonchev–Trinajstić information content (AvgIpc) is 2.79. The van der Waals surface area contributed by atoms with Crippen LogP contribution in [0.5, 0.6) is 0 Å². The summed E-state index contributed by atoms with van der Waals surface area (Å²) >= 11 is 1.50. The molecule has 0 aromatic carbocycles. The Balaban J connectivity index is 1.87. The van der Waals surface area contributed by atoms with E-state index in [1.807, 2.05) is 6.92 Å². The third-order valence-corrected chi connectivity index (χ3v) is 5.44. The summed E-state index contributed by atoms with van der Waals surface area (Å²) in [5.74, 6) is -0.00939. The maximum atomic E-state index is 12.4. The van der Waals surface area contributed by atoms with Gasteiger partial charge in [0.25, 0.3) is 5.91 Å². The number of morpholine rings is 1. The van der Waals surface area contributed by atoms with Gasteiger partial charge in [0.2, 0.25) is 0 Å². The zero-order valence-corrected chi connectivity index (χ0v) is 15.9. The van der Waals surface area contributed by atoms with Crippen LogP contribution in [0.15, 0.2) is 0 Å². The lowest BCUT2D eigenvalue weighted by molar-refractivity contribution is -0.0672. The predicted molar refractivity (Wildman–Crippen MR) is 94.3 cm³/mol. The molecule has 2 atom stereocenters. The van der Waals surface area contributed by atoms with E-state index in [0.29, 0.717) is 6.54 Å². The van der Waals surface area contributed by atoms with Crippen molar-refractivity contribution in [1.82, 2.24) is 15.2 Å². The first kappa shape index (κ1) is 18.4. The van der Waals surface area contributed by atoms with Crippen LogP contribution in [0.2, 0.25) is 0 Å². The van der Waals surface area contributed by atoms with Crippen LogP contribution in [-0.2, 0) is 10.2 Å². The molecule has 0 bridgehead atoms. The molecule has 0 radical (unpaired) electrons. The fourth-order valence-electron chi connectivity index (χ4n) is 2.80. The van der Waals surface area contributed by atoms with Gasteiger partial charge in [0, 0.05) is 31.6 Å². The lowest BCUT2D eigenvalue weighted by atomic mass is 9.98. The van der Waals surface area contributed by atoms with Crippen LogP contribution in [-0.4, -0.2) is 54.2 Å². The van der Waals surface area contributed by atoms with Gasteiger partial charge in [0.15, 0.2) is 0 Å². The van der Waals surface area contributed by atoms with Gasteiger partial charge in [-0.15, -0.1) is 11.3 Å². The van der Waals surface area contributed by atoms with Gasteiger partial charge < -0.3 is 10.1 Å². The number of nitrogens with one attached hydrogen (secondary N) is 1. The van der Waals surface area contributed by atoms with E-state index in [0.717, 1.165) is 35.2 Å². The standard InChI is InChI=1S/C17H29N3O2S/c1-11-9-20(10-12(2)22-11)8-7-18-15(21)14-13(3)19-16(23-14)17(4,5)6/h11-12H,7-10H2,1-6H3,(H,18,21). The summed E-state index contributed by atoms with van der Waals surface area (Å²) in [7, 11) is 0. The van der Waals surface area contributed by atoms with Crippen molar-refractivity contribution in [3.63, 3.8) is 0 Å². The Morgan fingerprint density at radius 1 is 1.35 bits per heavy atom. The molecule has 6 heteroatoms. The number of aromatic nitrogens is 1. The predicted octanol–water partition coefficient (Wildman–Crippen LogP) is 2.59. The summed E-state index contributed by atoms with van der Waals surface area (Å²) in [6, 6.07) is 0. The van der Waals surface area contributed by atoms with Crippen LogP contribution in [0, 0.1) is 6.92 Å². The number of nitrogens with zero attached hydrogens (tertiary/aromatic N) is 2. The van der Waals surface area contributed by atoms with Crippen molar-refractivity contribution in [3.8, 4) is 0 Å². The molecule has 23 heavy (non-hydrogen) atoms. The van der Waals surface area contributed by atoms with E-state index in [9.17, 15) is 4.79 Å². The SMILES string of the molecule is Cc1nc(C(C)(C)C)sc1C(=O)NCCN1CC(C)OC(C)C1. The fourth-order valence-corrected chi connectivity index (χ4v) is 3.84. The van der Waals surface area contributed by atoms with Crippen LogP contribution in [0.25, 0.3) is 0 Å². The molecule has 130 valence electrons. The molecule has 5 nitrogen and oxygen atoms in total. The molecule has 0 aliphatic carbocycles. The van der Waals surface area contributed by atoms with Gasteiger partial charge in [-0.2, -0.15) is 0 Å². The second kappa shape index (κ2) is 7.28. The molecule has 2 rings (SSSR count). The number of carbonyl (C=O) groups excluding carboxylic acids is 1. The minimum atomic E-state index is -0.0198. The van der Waals surface area contributed by atoms with Crippen molar-refractivity contribution < 1.29 is 9.53 Å². The highest BCUT2D eigenvalue weighted by Crippen LogP contribution is 2.29. The van der Waals surface area contributed by atoms with Gasteiger partial charge in [-0.1, -0.05) is 20.8 Å². The third kappa shape index (κ3) is 4.99. The van der Waals surface area contributed by atoms with Crippen molar-refractivity contribution in [2.24, 2.45) is 0 Å². The topological polar surface area (TPSA) is 54.5 Å². The number of hydrogen-bond acceptors (Lipinski definition) is 5. The molecule has 0 saturated carbocycles. The highest BCUT2D eigenvalue weighted by atomic mass is 32.1. The van der Waals surface area contributed by atoms with Crippen molar-refractivity contribution in [1.29, 1.82) is 0 Å². The van der Waals surface area contributed by atoms with Crippen LogP contribution >= 0.6 is 11.3 Å². The van der Waals surface area contributed by atoms with Gasteiger partial charge in [0.1, 0.15) is 4.88 Å². The highest BCUT2D eigenvalue weighted by molar-refractivity contribution is 7.14. The summed E-state index contributed by atoms with van der Waals surface area (Å²) in [6.45, 7) is 15.8. The minimum absolute atomic E-state index is 0.00939. The van der Waals surface area contributed by atoms with E-state index in [4.69, 9.17) is 4.74 Å². The Bertz CT molecular complexity index is 541. The lowest BCUT2D eigenvalue weighted by Gasteiger charge is -2.35. The molecule has 1 aromatic heterocycles.